The summed E-state index contributed by atoms with van der Waals surface area (Å²) < 4.78 is 18.9. The fourth-order valence-electron chi connectivity index (χ4n) is 3.45. The average molecular weight is 404 g/mol. The van der Waals surface area contributed by atoms with E-state index >= 15 is 0 Å². The molecule has 0 aromatic heterocycles. The second-order valence-corrected chi connectivity index (χ2v) is 14.2. The fraction of sp³-hybridized carbons (Fsp3) is 0.696. The summed E-state index contributed by atoms with van der Waals surface area (Å²) in [5.41, 5.74) is 2.12. The standard InChI is InChI=1S/C23H37NO3Si/c1-17-12-13-18(16-21(17)25-5)22(27-28(6,7)23(2,3)4)20(14-15-24)26-19-10-8-9-11-19/h12-13,16,19-20,22H,8-11,14H2,1-7H3/t20-,22+/m0/s1. The van der Waals surface area contributed by atoms with Gasteiger partial charge in [0, 0.05) is 0 Å². The smallest absolute Gasteiger partial charge is 0.193 e. The maximum absolute atomic E-state index is 9.51. The third-order valence-corrected chi connectivity index (χ3v) is 10.7. The van der Waals surface area contributed by atoms with Gasteiger partial charge in [-0.25, -0.2) is 0 Å². The van der Waals surface area contributed by atoms with Crippen molar-refractivity contribution in [2.24, 2.45) is 0 Å². The van der Waals surface area contributed by atoms with E-state index in [0.717, 1.165) is 29.7 Å². The van der Waals surface area contributed by atoms with E-state index in [0.29, 0.717) is 6.42 Å². The summed E-state index contributed by atoms with van der Waals surface area (Å²) in [5.74, 6) is 0.845. The first-order valence-electron chi connectivity index (χ1n) is 10.4. The van der Waals surface area contributed by atoms with Crippen molar-refractivity contribution in [1.82, 2.24) is 0 Å². The summed E-state index contributed by atoms with van der Waals surface area (Å²) in [7, 11) is -0.378. The van der Waals surface area contributed by atoms with Crippen LogP contribution in [0.4, 0.5) is 0 Å². The highest BCUT2D eigenvalue weighted by Gasteiger charge is 2.42. The molecule has 0 radical (unpaired) electrons. The van der Waals surface area contributed by atoms with Gasteiger partial charge in [0.1, 0.15) is 5.75 Å². The molecule has 0 spiro atoms. The van der Waals surface area contributed by atoms with Crippen LogP contribution in [0.2, 0.25) is 18.1 Å². The number of rotatable bonds is 8. The Labute approximate surface area is 172 Å². The highest BCUT2D eigenvalue weighted by molar-refractivity contribution is 6.74. The van der Waals surface area contributed by atoms with Crippen LogP contribution in [0.1, 0.15) is 70.1 Å². The van der Waals surface area contributed by atoms with E-state index in [1.165, 1.54) is 12.8 Å². The van der Waals surface area contributed by atoms with Crippen LogP contribution in [0.15, 0.2) is 18.2 Å². The summed E-state index contributed by atoms with van der Waals surface area (Å²) in [6.45, 7) is 13.3. The molecule has 0 amide bonds. The van der Waals surface area contributed by atoms with Crippen LogP contribution in [0.3, 0.4) is 0 Å². The van der Waals surface area contributed by atoms with Gasteiger partial charge in [0.25, 0.3) is 0 Å². The molecule has 28 heavy (non-hydrogen) atoms. The Morgan fingerprint density at radius 3 is 2.39 bits per heavy atom. The Balaban J connectivity index is 2.42. The largest absolute Gasteiger partial charge is 0.496 e. The fourth-order valence-corrected chi connectivity index (χ4v) is 4.73. The number of benzene rings is 1. The van der Waals surface area contributed by atoms with Crippen molar-refractivity contribution in [3.8, 4) is 11.8 Å². The zero-order valence-corrected chi connectivity index (χ0v) is 19.7. The van der Waals surface area contributed by atoms with E-state index in [1.54, 1.807) is 7.11 Å². The molecule has 1 aliphatic carbocycles. The molecule has 0 heterocycles. The molecule has 5 heteroatoms. The van der Waals surface area contributed by atoms with Crippen molar-refractivity contribution in [3.05, 3.63) is 29.3 Å². The molecule has 4 nitrogen and oxygen atoms in total. The highest BCUT2D eigenvalue weighted by atomic mass is 28.4. The Kier molecular flexibility index (Phi) is 7.72. The number of methoxy groups -OCH3 is 1. The van der Waals surface area contributed by atoms with Gasteiger partial charge in [-0.1, -0.05) is 45.7 Å². The summed E-state index contributed by atoms with van der Waals surface area (Å²) in [6.07, 6.45) is 4.58. The van der Waals surface area contributed by atoms with Gasteiger partial charge in [0.2, 0.25) is 0 Å². The van der Waals surface area contributed by atoms with E-state index < -0.39 is 8.32 Å². The SMILES string of the molecule is COc1cc([C@@H](O[Si](C)(C)C(C)(C)C)[C@H](CC#N)OC2CCCC2)ccc1C. The van der Waals surface area contributed by atoms with Gasteiger partial charge < -0.3 is 13.9 Å². The van der Waals surface area contributed by atoms with E-state index in [1.807, 2.05) is 6.92 Å². The van der Waals surface area contributed by atoms with Gasteiger partial charge in [-0.05, 0) is 55.1 Å². The Morgan fingerprint density at radius 1 is 1.21 bits per heavy atom. The molecule has 0 bridgehead atoms. The van der Waals surface area contributed by atoms with Crippen LogP contribution in [-0.4, -0.2) is 27.6 Å². The molecule has 2 rings (SSSR count). The maximum atomic E-state index is 9.51. The minimum Gasteiger partial charge on any atom is -0.496 e. The van der Waals surface area contributed by atoms with Gasteiger partial charge in [0.15, 0.2) is 8.32 Å². The maximum Gasteiger partial charge on any atom is 0.193 e. The molecule has 0 unspecified atom stereocenters. The molecule has 1 fully saturated rings. The summed E-state index contributed by atoms with van der Waals surface area (Å²) >= 11 is 0. The lowest BCUT2D eigenvalue weighted by Gasteiger charge is -2.41. The number of hydrogen-bond acceptors (Lipinski definition) is 4. The minimum absolute atomic E-state index is 0.0740. The highest BCUT2D eigenvalue weighted by Crippen LogP contribution is 2.42. The van der Waals surface area contributed by atoms with Gasteiger partial charge in [-0.2, -0.15) is 5.26 Å². The van der Waals surface area contributed by atoms with Crippen molar-refractivity contribution in [2.75, 3.05) is 7.11 Å². The predicted octanol–water partition coefficient (Wildman–Crippen LogP) is 6.31. The van der Waals surface area contributed by atoms with Crippen molar-refractivity contribution in [1.29, 1.82) is 5.26 Å². The second-order valence-electron chi connectivity index (χ2n) is 9.47. The van der Waals surface area contributed by atoms with Crippen LogP contribution >= 0.6 is 0 Å². The third kappa shape index (κ3) is 5.59. The van der Waals surface area contributed by atoms with Crippen LogP contribution in [0.5, 0.6) is 5.75 Å². The molecular weight excluding hydrogens is 366 g/mol. The van der Waals surface area contributed by atoms with Crippen LogP contribution in [-0.2, 0) is 9.16 Å². The number of nitriles is 1. The van der Waals surface area contributed by atoms with Crippen molar-refractivity contribution in [3.63, 3.8) is 0 Å². The van der Waals surface area contributed by atoms with E-state index in [9.17, 15) is 5.26 Å². The summed E-state index contributed by atoms with van der Waals surface area (Å²) in [5, 5.41) is 9.58. The van der Waals surface area contributed by atoms with Crippen molar-refractivity contribution < 1.29 is 13.9 Å². The molecule has 1 saturated carbocycles. The first-order chi connectivity index (χ1) is 13.1. The molecule has 1 aromatic rings. The summed E-state index contributed by atoms with van der Waals surface area (Å²) in [6, 6.07) is 8.55. The van der Waals surface area contributed by atoms with Crippen molar-refractivity contribution in [2.45, 2.75) is 96.2 Å². The Morgan fingerprint density at radius 2 is 1.86 bits per heavy atom. The number of ether oxygens (including phenoxy) is 2. The van der Waals surface area contributed by atoms with E-state index in [4.69, 9.17) is 13.9 Å². The average Bonchev–Trinajstić information content (AvgIpc) is 3.12. The number of nitrogens with zero attached hydrogens (tertiary/aromatic N) is 1. The molecule has 1 aromatic carbocycles. The van der Waals surface area contributed by atoms with Crippen LogP contribution in [0, 0.1) is 18.3 Å². The zero-order chi connectivity index (χ0) is 20.9. The number of hydrogen-bond donors (Lipinski definition) is 0. The van der Waals surface area contributed by atoms with E-state index in [-0.39, 0.29) is 23.4 Å². The normalized spacial score (nSPS) is 17.9. The minimum atomic E-state index is -2.07. The Hall–Kier alpha value is -1.35. The molecule has 0 saturated heterocycles. The molecule has 156 valence electrons. The number of aryl methyl sites for hydroxylation is 1. The lowest BCUT2D eigenvalue weighted by atomic mass is 10.00. The quantitative estimate of drug-likeness (QED) is 0.477. The molecular formula is C23H37NO3Si. The predicted molar refractivity (Wildman–Crippen MR) is 116 cm³/mol. The Bertz CT molecular complexity index is 684. The topological polar surface area (TPSA) is 51.5 Å². The molecule has 0 N–H and O–H groups in total. The summed E-state index contributed by atoms with van der Waals surface area (Å²) in [4.78, 5) is 0. The van der Waals surface area contributed by atoms with Gasteiger partial charge in [-0.3, -0.25) is 0 Å². The lowest BCUT2D eigenvalue weighted by molar-refractivity contribution is -0.0683. The molecule has 0 aliphatic heterocycles. The zero-order valence-electron chi connectivity index (χ0n) is 18.7. The lowest BCUT2D eigenvalue weighted by Crippen LogP contribution is -2.44. The van der Waals surface area contributed by atoms with Crippen LogP contribution in [0.25, 0.3) is 0 Å². The van der Waals surface area contributed by atoms with Gasteiger partial charge in [-0.15, -0.1) is 0 Å². The van der Waals surface area contributed by atoms with Gasteiger partial charge in [0.05, 0.1) is 37.9 Å². The van der Waals surface area contributed by atoms with Crippen molar-refractivity contribution >= 4 is 8.32 Å². The molecule has 1 aliphatic rings. The second kappa shape index (κ2) is 9.43. The van der Waals surface area contributed by atoms with E-state index in [2.05, 4.69) is 58.1 Å². The molecule has 2 atom stereocenters. The van der Waals surface area contributed by atoms with Gasteiger partial charge >= 0.3 is 0 Å². The third-order valence-electron chi connectivity index (χ3n) is 6.29. The first kappa shape index (κ1) is 22.9. The monoisotopic (exact) mass is 403 g/mol. The van der Waals surface area contributed by atoms with Crippen LogP contribution < -0.4 is 4.74 Å². The first-order valence-corrected chi connectivity index (χ1v) is 13.3.